The highest BCUT2D eigenvalue weighted by atomic mass is 35.5. The third kappa shape index (κ3) is 8.09. The zero-order valence-electron chi connectivity index (χ0n) is 26.1. The summed E-state index contributed by atoms with van der Waals surface area (Å²) in [5, 5.41) is 12.5. The molecule has 1 aliphatic rings. The van der Waals surface area contributed by atoms with Gasteiger partial charge in [-0.25, -0.2) is 4.98 Å². The molecule has 11 nitrogen and oxygen atoms in total. The van der Waals surface area contributed by atoms with Crippen molar-refractivity contribution >= 4 is 69.2 Å². The SMILES string of the molecule is Cn1nc(C(=O)NCc2ccc(Cl)c(Nc3nc4cc(C(=O)NCCC(F)(F)F)c(N5CCC(C(F)(F)F)CC5)cc4n3C)c2Cl)cc1N. The maximum atomic E-state index is 13.4. The number of imidazole rings is 1. The molecule has 2 aromatic heterocycles. The maximum Gasteiger partial charge on any atom is 0.391 e. The molecule has 5 rings (SSSR count). The summed E-state index contributed by atoms with van der Waals surface area (Å²) in [6.45, 7) is -0.730. The van der Waals surface area contributed by atoms with E-state index in [2.05, 4.69) is 26.0 Å². The number of carbonyl (C=O) groups is 2. The van der Waals surface area contributed by atoms with Crippen molar-refractivity contribution in [3.63, 3.8) is 0 Å². The van der Waals surface area contributed by atoms with Gasteiger partial charge in [-0.3, -0.25) is 14.3 Å². The van der Waals surface area contributed by atoms with E-state index in [0.717, 1.165) is 0 Å². The first-order valence-corrected chi connectivity index (χ1v) is 15.7. The molecule has 5 N–H and O–H groups in total. The summed E-state index contributed by atoms with van der Waals surface area (Å²) in [5.41, 5.74) is 7.56. The number of nitrogens with two attached hydrogens (primary N) is 1. The van der Waals surface area contributed by atoms with E-state index in [-0.39, 0.29) is 76.6 Å². The minimum Gasteiger partial charge on any atom is -0.384 e. The quantitative estimate of drug-likeness (QED) is 0.148. The highest BCUT2D eigenvalue weighted by Crippen LogP contribution is 2.39. The number of nitrogens with one attached hydrogen (secondary N) is 3. The van der Waals surface area contributed by atoms with Gasteiger partial charge in [-0.1, -0.05) is 29.3 Å². The summed E-state index contributed by atoms with van der Waals surface area (Å²) in [7, 11) is 3.24. The molecular formula is C30H31Cl2F6N9O2. The molecule has 264 valence electrons. The van der Waals surface area contributed by atoms with Crippen LogP contribution in [0.5, 0.6) is 0 Å². The third-order valence-corrected chi connectivity index (χ3v) is 8.98. The highest BCUT2D eigenvalue weighted by Gasteiger charge is 2.41. The molecule has 0 unspecified atom stereocenters. The number of hydrogen-bond acceptors (Lipinski definition) is 7. The van der Waals surface area contributed by atoms with Gasteiger partial charge >= 0.3 is 12.4 Å². The molecule has 4 aromatic rings. The second-order valence-corrected chi connectivity index (χ2v) is 12.3. The van der Waals surface area contributed by atoms with Crippen LogP contribution >= 0.6 is 23.2 Å². The first kappa shape index (κ1) is 35.9. The number of aromatic nitrogens is 4. The first-order chi connectivity index (χ1) is 22.9. The second-order valence-electron chi connectivity index (χ2n) is 11.6. The lowest BCUT2D eigenvalue weighted by Crippen LogP contribution is -2.40. The maximum absolute atomic E-state index is 13.4. The molecule has 0 saturated carbocycles. The standard InChI is InChI=1S/C30H31Cl2F6N9O2/c1-45-22-13-21(47-9-5-16(6-10-47)30(36,37)38)17(26(48)40-8-7-29(33,34)35)11-19(22)42-28(45)43-25-18(31)4-3-15(24(25)32)14-41-27(49)20-12-23(39)46(2)44-20/h3-4,11-13,16H,5-10,14,39H2,1-2H3,(H,40,48)(H,41,49)(H,42,43). The smallest absolute Gasteiger partial charge is 0.384 e. The van der Waals surface area contributed by atoms with Crippen molar-refractivity contribution in [1.82, 2.24) is 30.0 Å². The van der Waals surface area contributed by atoms with E-state index in [1.54, 1.807) is 41.8 Å². The minimum absolute atomic E-state index is 0.00371. The fourth-order valence-electron chi connectivity index (χ4n) is 5.46. The predicted octanol–water partition coefficient (Wildman–Crippen LogP) is 6.33. The summed E-state index contributed by atoms with van der Waals surface area (Å²) >= 11 is 13.2. The van der Waals surface area contributed by atoms with E-state index >= 15 is 0 Å². The van der Waals surface area contributed by atoms with Gasteiger partial charge in [0.05, 0.1) is 50.4 Å². The number of benzene rings is 2. The van der Waals surface area contributed by atoms with Crippen LogP contribution in [0.25, 0.3) is 11.0 Å². The monoisotopic (exact) mass is 733 g/mol. The Bertz CT molecular complexity index is 1860. The number of nitrogens with zero attached hydrogens (tertiary/aromatic N) is 5. The Labute approximate surface area is 285 Å². The first-order valence-electron chi connectivity index (χ1n) is 14.9. The Morgan fingerprint density at radius 2 is 1.69 bits per heavy atom. The Morgan fingerprint density at radius 1 is 1.00 bits per heavy atom. The summed E-state index contributed by atoms with van der Waals surface area (Å²) in [6, 6.07) is 7.55. The highest BCUT2D eigenvalue weighted by molar-refractivity contribution is 6.39. The molecule has 2 aromatic carbocycles. The lowest BCUT2D eigenvalue weighted by Gasteiger charge is -2.35. The van der Waals surface area contributed by atoms with E-state index in [4.69, 9.17) is 28.9 Å². The van der Waals surface area contributed by atoms with Crippen molar-refractivity contribution in [1.29, 1.82) is 0 Å². The Kier molecular flexibility index (Phi) is 10.2. The summed E-state index contributed by atoms with van der Waals surface area (Å²) < 4.78 is 81.4. The van der Waals surface area contributed by atoms with Gasteiger partial charge in [-0.05, 0) is 36.6 Å². The molecule has 0 bridgehead atoms. The number of fused-ring (bicyclic) bond motifs is 1. The second kappa shape index (κ2) is 13.9. The largest absolute Gasteiger partial charge is 0.391 e. The van der Waals surface area contributed by atoms with Crippen LogP contribution in [0.3, 0.4) is 0 Å². The van der Waals surface area contributed by atoms with Crippen LogP contribution in [0.15, 0.2) is 30.3 Å². The number of rotatable bonds is 9. The van der Waals surface area contributed by atoms with Gasteiger partial charge in [-0.2, -0.15) is 31.4 Å². The average molecular weight is 735 g/mol. The summed E-state index contributed by atoms with van der Waals surface area (Å²) in [4.78, 5) is 31.9. The fraction of sp³-hybridized carbons (Fsp3) is 0.400. The van der Waals surface area contributed by atoms with Crippen molar-refractivity contribution in [2.24, 2.45) is 20.0 Å². The fourth-order valence-corrected chi connectivity index (χ4v) is 5.99. The van der Waals surface area contributed by atoms with Crippen LogP contribution in [0.1, 0.15) is 45.7 Å². The number of anilines is 4. The number of piperidine rings is 1. The molecule has 2 amide bonds. The van der Waals surface area contributed by atoms with Crippen molar-refractivity contribution in [3.05, 3.63) is 57.2 Å². The zero-order chi connectivity index (χ0) is 35.8. The van der Waals surface area contributed by atoms with Gasteiger partial charge in [-0.15, -0.1) is 0 Å². The van der Waals surface area contributed by atoms with Gasteiger partial charge in [0, 0.05) is 46.3 Å². The molecule has 1 fully saturated rings. The number of halogens is 8. The number of carbonyl (C=O) groups excluding carboxylic acids is 2. The van der Waals surface area contributed by atoms with E-state index in [9.17, 15) is 35.9 Å². The van der Waals surface area contributed by atoms with Crippen molar-refractivity contribution in [3.8, 4) is 0 Å². The summed E-state index contributed by atoms with van der Waals surface area (Å²) in [6.07, 6.45) is -10.5. The topological polar surface area (TPSA) is 135 Å². The molecular weight excluding hydrogens is 703 g/mol. The number of amides is 2. The van der Waals surface area contributed by atoms with Crippen molar-refractivity contribution in [2.45, 2.75) is 38.2 Å². The lowest BCUT2D eigenvalue weighted by atomic mass is 9.95. The van der Waals surface area contributed by atoms with Crippen molar-refractivity contribution < 1.29 is 35.9 Å². The van der Waals surface area contributed by atoms with Gasteiger partial charge < -0.3 is 31.2 Å². The molecule has 19 heteroatoms. The predicted molar refractivity (Wildman–Crippen MR) is 173 cm³/mol. The lowest BCUT2D eigenvalue weighted by molar-refractivity contribution is -0.179. The third-order valence-electron chi connectivity index (χ3n) is 8.23. The van der Waals surface area contributed by atoms with Gasteiger partial charge in [0.25, 0.3) is 11.8 Å². The molecule has 0 spiro atoms. The number of aryl methyl sites for hydroxylation is 2. The van der Waals surface area contributed by atoms with Crippen LogP contribution in [0.4, 0.5) is 49.5 Å². The van der Waals surface area contributed by atoms with E-state index < -0.39 is 43.1 Å². The molecule has 0 aliphatic carbocycles. The number of alkyl halides is 6. The van der Waals surface area contributed by atoms with E-state index in [1.807, 2.05) is 0 Å². The van der Waals surface area contributed by atoms with E-state index in [1.165, 1.54) is 16.8 Å². The van der Waals surface area contributed by atoms with Crippen LogP contribution in [0.2, 0.25) is 10.0 Å². The van der Waals surface area contributed by atoms with Crippen LogP contribution < -0.4 is 26.6 Å². The van der Waals surface area contributed by atoms with Gasteiger partial charge in [0.1, 0.15) is 5.82 Å². The van der Waals surface area contributed by atoms with Crippen LogP contribution in [-0.2, 0) is 20.6 Å². The minimum atomic E-state index is -4.50. The average Bonchev–Trinajstić information content (AvgIpc) is 3.53. The van der Waals surface area contributed by atoms with E-state index in [0.29, 0.717) is 16.9 Å². The Hall–Kier alpha value is -4.38. The number of hydrogen-bond donors (Lipinski definition) is 4. The Morgan fingerprint density at radius 3 is 2.31 bits per heavy atom. The van der Waals surface area contributed by atoms with Gasteiger partial charge in [0.2, 0.25) is 5.95 Å². The number of nitrogen functional groups attached to an aromatic ring is 1. The zero-order valence-corrected chi connectivity index (χ0v) is 27.6. The summed E-state index contributed by atoms with van der Waals surface area (Å²) in [5.74, 6) is -2.30. The van der Waals surface area contributed by atoms with Gasteiger partial charge in [0.15, 0.2) is 5.69 Å². The molecule has 0 radical (unpaired) electrons. The van der Waals surface area contributed by atoms with Crippen molar-refractivity contribution in [2.75, 3.05) is 35.6 Å². The molecule has 3 heterocycles. The van der Waals surface area contributed by atoms with Crippen LogP contribution in [-0.4, -0.2) is 63.1 Å². The normalized spacial score (nSPS) is 14.4. The molecule has 0 atom stereocenters. The molecule has 49 heavy (non-hydrogen) atoms. The molecule has 1 aliphatic heterocycles. The Balaban J connectivity index is 1.43. The molecule has 1 saturated heterocycles. The van der Waals surface area contributed by atoms with Crippen LogP contribution in [0, 0.1) is 5.92 Å².